The van der Waals surface area contributed by atoms with Crippen LogP contribution in [0.1, 0.15) is 36.2 Å². The summed E-state index contributed by atoms with van der Waals surface area (Å²) in [6.45, 7) is 4.75. The summed E-state index contributed by atoms with van der Waals surface area (Å²) in [7, 11) is -0.248. The van der Waals surface area contributed by atoms with Gasteiger partial charge in [-0.2, -0.15) is 4.31 Å². The Labute approximate surface area is 190 Å². The topological polar surface area (TPSA) is 104 Å². The van der Waals surface area contributed by atoms with Crippen LogP contribution in [0.3, 0.4) is 0 Å². The van der Waals surface area contributed by atoms with E-state index in [1.807, 2.05) is 4.90 Å². The van der Waals surface area contributed by atoms with Crippen molar-refractivity contribution in [3.8, 4) is 0 Å². The molecule has 32 heavy (non-hydrogen) atoms. The minimum absolute atomic E-state index is 0.0316. The van der Waals surface area contributed by atoms with Crippen molar-refractivity contribution in [2.75, 3.05) is 66.1 Å². The predicted octanol–water partition coefficient (Wildman–Crippen LogP) is 0.110. The lowest BCUT2D eigenvalue weighted by molar-refractivity contribution is -0.122. The van der Waals surface area contributed by atoms with Gasteiger partial charge in [0, 0.05) is 72.8 Å². The van der Waals surface area contributed by atoms with Gasteiger partial charge in [-0.25, -0.2) is 8.42 Å². The van der Waals surface area contributed by atoms with E-state index >= 15 is 0 Å². The number of piperidine rings is 1. The molecule has 1 aromatic heterocycles. The van der Waals surface area contributed by atoms with Crippen molar-refractivity contribution in [1.82, 2.24) is 24.0 Å². The number of amides is 2. The van der Waals surface area contributed by atoms with Gasteiger partial charge in [-0.05, 0) is 25.3 Å². The van der Waals surface area contributed by atoms with Gasteiger partial charge >= 0.3 is 0 Å². The Bertz CT molecular complexity index is 886. The van der Waals surface area contributed by atoms with E-state index in [9.17, 15) is 18.0 Å². The van der Waals surface area contributed by atoms with Gasteiger partial charge in [0.1, 0.15) is 10.6 Å². The number of hydrogen-bond donors (Lipinski definition) is 1. The molecule has 1 aromatic rings. The Morgan fingerprint density at radius 1 is 1.06 bits per heavy atom. The summed E-state index contributed by atoms with van der Waals surface area (Å²) < 4.78 is 34.0. The molecule has 0 aliphatic carbocycles. The van der Waals surface area contributed by atoms with E-state index in [1.54, 1.807) is 23.6 Å². The fourth-order valence-corrected chi connectivity index (χ4v) is 5.71. The van der Waals surface area contributed by atoms with Crippen LogP contribution < -0.4 is 5.32 Å². The van der Waals surface area contributed by atoms with Crippen molar-refractivity contribution >= 4 is 21.8 Å². The van der Waals surface area contributed by atoms with Gasteiger partial charge in [0.2, 0.25) is 15.9 Å². The van der Waals surface area contributed by atoms with Crippen molar-refractivity contribution in [2.24, 2.45) is 7.05 Å². The number of sulfonamides is 1. The fourth-order valence-electron chi connectivity index (χ4n) is 4.12. The number of carbonyl (C=O) groups excluding carboxylic acids is 2. The molecule has 2 fully saturated rings. The molecule has 3 heterocycles. The van der Waals surface area contributed by atoms with Crippen LogP contribution in [0.15, 0.2) is 17.2 Å². The van der Waals surface area contributed by atoms with E-state index in [1.165, 1.54) is 16.6 Å². The van der Waals surface area contributed by atoms with E-state index in [4.69, 9.17) is 4.74 Å². The van der Waals surface area contributed by atoms with Crippen LogP contribution in [0.2, 0.25) is 0 Å². The Kier molecular flexibility index (Phi) is 8.69. The first-order valence-electron chi connectivity index (χ1n) is 11.3. The van der Waals surface area contributed by atoms with Crippen LogP contribution in [0.25, 0.3) is 0 Å². The first kappa shape index (κ1) is 24.7. The Morgan fingerprint density at radius 3 is 2.41 bits per heavy atom. The summed E-state index contributed by atoms with van der Waals surface area (Å²) in [5, 5.41) is 2.87. The number of ether oxygens (including phenoxy) is 1. The summed E-state index contributed by atoms with van der Waals surface area (Å²) in [5.74, 6) is -0.216. The highest BCUT2D eigenvalue weighted by Crippen LogP contribution is 2.23. The number of nitrogens with one attached hydrogen (secondary N) is 1. The minimum atomic E-state index is -3.58. The Hall–Kier alpha value is -1.95. The number of nitrogens with zero attached hydrogens (tertiary/aromatic N) is 4. The minimum Gasteiger partial charge on any atom is -0.385 e. The van der Waals surface area contributed by atoms with E-state index in [2.05, 4.69) is 5.32 Å². The number of methoxy groups -OCH3 is 1. The highest BCUT2D eigenvalue weighted by atomic mass is 32.2. The number of piperazine rings is 1. The molecule has 2 aliphatic rings. The van der Waals surface area contributed by atoms with E-state index < -0.39 is 10.0 Å². The van der Waals surface area contributed by atoms with E-state index in [0.29, 0.717) is 64.7 Å². The zero-order valence-corrected chi connectivity index (χ0v) is 19.9. The number of aromatic nitrogens is 1. The monoisotopic (exact) mass is 469 g/mol. The average Bonchev–Trinajstić information content (AvgIpc) is 3.20. The molecule has 10 nitrogen and oxygen atoms in total. The average molecular weight is 470 g/mol. The van der Waals surface area contributed by atoms with Gasteiger partial charge in [-0.3, -0.25) is 14.5 Å². The normalized spacial score (nSPS) is 18.6. The molecule has 0 unspecified atom stereocenters. The van der Waals surface area contributed by atoms with Crippen LogP contribution in [0.4, 0.5) is 0 Å². The van der Waals surface area contributed by atoms with Gasteiger partial charge in [-0.15, -0.1) is 0 Å². The third-order valence-corrected chi connectivity index (χ3v) is 7.89. The molecule has 3 rings (SSSR count). The molecule has 0 radical (unpaired) electrons. The lowest BCUT2D eigenvalue weighted by Crippen LogP contribution is -2.51. The molecule has 1 N–H and O–H groups in total. The maximum Gasteiger partial charge on any atom is 0.270 e. The molecule has 0 atom stereocenters. The lowest BCUT2D eigenvalue weighted by Gasteiger charge is -2.34. The zero-order valence-electron chi connectivity index (χ0n) is 19.1. The first-order chi connectivity index (χ1) is 15.3. The zero-order chi connectivity index (χ0) is 23.1. The van der Waals surface area contributed by atoms with Crippen LogP contribution >= 0.6 is 0 Å². The van der Waals surface area contributed by atoms with E-state index in [-0.39, 0.29) is 16.7 Å². The number of aryl methyl sites for hydroxylation is 1. The molecular weight excluding hydrogens is 434 g/mol. The van der Waals surface area contributed by atoms with E-state index in [0.717, 1.165) is 25.7 Å². The molecule has 0 spiro atoms. The van der Waals surface area contributed by atoms with Gasteiger partial charge in [0.15, 0.2) is 0 Å². The molecule has 0 saturated carbocycles. The second-order valence-corrected chi connectivity index (χ2v) is 10.3. The summed E-state index contributed by atoms with van der Waals surface area (Å²) in [4.78, 5) is 29.0. The Morgan fingerprint density at radius 2 is 1.75 bits per heavy atom. The Balaban J connectivity index is 1.53. The number of hydrogen-bond acceptors (Lipinski definition) is 6. The number of carbonyl (C=O) groups is 2. The molecule has 2 saturated heterocycles. The largest absolute Gasteiger partial charge is 0.385 e. The SMILES string of the molecule is COCCCNC(=O)CN1CCN(C(=O)c2cc(S(=O)(=O)N3CCCCC3)cn2C)CC1. The molecule has 2 amide bonds. The smallest absolute Gasteiger partial charge is 0.270 e. The molecule has 11 heteroatoms. The lowest BCUT2D eigenvalue weighted by atomic mass is 10.2. The van der Waals surface area contributed by atoms with Gasteiger partial charge in [0.25, 0.3) is 5.91 Å². The standard InChI is InChI=1S/C21H35N5O5S/c1-23-16-18(32(29,30)26-8-4-3-5-9-26)15-19(23)21(28)25-12-10-24(11-13-25)17-20(27)22-7-6-14-31-2/h15-16H,3-14,17H2,1-2H3,(H,22,27). The molecular formula is C21H35N5O5S. The van der Waals surface area contributed by atoms with Gasteiger partial charge < -0.3 is 19.5 Å². The fraction of sp³-hybridized carbons (Fsp3) is 0.714. The van der Waals surface area contributed by atoms with Gasteiger partial charge in [-0.1, -0.05) is 6.42 Å². The summed E-state index contributed by atoms with van der Waals surface area (Å²) in [6.07, 6.45) is 5.09. The van der Waals surface area contributed by atoms with Crippen molar-refractivity contribution < 1.29 is 22.7 Å². The maximum atomic E-state index is 13.1. The third-order valence-electron chi connectivity index (χ3n) is 6.03. The first-order valence-corrected chi connectivity index (χ1v) is 12.7. The van der Waals surface area contributed by atoms with Gasteiger partial charge in [0.05, 0.1) is 6.54 Å². The summed E-state index contributed by atoms with van der Waals surface area (Å²) in [5.41, 5.74) is 0.366. The van der Waals surface area contributed by atoms with Crippen LogP contribution in [0.5, 0.6) is 0 Å². The summed E-state index contributed by atoms with van der Waals surface area (Å²) >= 11 is 0. The maximum absolute atomic E-state index is 13.1. The molecule has 180 valence electrons. The van der Waals surface area contributed by atoms with Crippen LogP contribution in [0, 0.1) is 0 Å². The second-order valence-electron chi connectivity index (χ2n) is 8.40. The molecule has 0 bridgehead atoms. The van der Waals surface area contributed by atoms with Crippen LogP contribution in [-0.2, 0) is 26.6 Å². The highest BCUT2D eigenvalue weighted by molar-refractivity contribution is 7.89. The number of rotatable bonds is 9. The van der Waals surface area contributed by atoms with Crippen molar-refractivity contribution in [1.29, 1.82) is 0 Å². The predicted molar refractivity (Wildman–Crippen MR) is 120 cm³/mol. The quantitative estimate of drug-likeness (QED) is 0.515. The molecule has 0 aromatic carbocycles. The molecule has 2 aliphatic heterocycles. The van der Waals surface area contributed by atoms with Crippen molar-refractivity contribution in [3.63, 3.8) is 0 Å². The highest BCUT2D eigenvalue weighted by Gasteiger charge is 2.30. The summed E-state index contributed by atoms with van der Waals surface area (Å²) in [6, 6.07) is 1.49. The van der Waals surface area contributed by atoms with Crippen molar-refractivity contribution in [3.05, 3.63) is 18.0 Å². The third kappa shape index (κ3) is 6.09. The second kappa shape index (κ2) is 11.3. The van der Waals surface area contributed by atoms with Crippen LogP contribution in [-0.4, -0.2) is 105 Å². The van der Waals surface area contributed by atoms with Crippen molar-refractivity contribution in [2.45, 2.75) is 30.6 Å².